The van der Waals surface area contributed by atoms with Gasteiger partial charge in [-0.15, -0.1) is 5.10 Å². The van der Waals surface area contributed by atoms with Crippen LogP contribution in [0.4, 0.5) is 17.5 Å². The normalized spacial score (nSPS) is 14.3. The molecule has 0 unspecified atom stereocenters. The van der Waals surface area contributed by atoms with Gasteiger partial charge in [0.15, 0.2) is 5.82 Å². The van der Waals surface area contributed by atoms with Crippen LogP contribution >= 0.6 is 0 Å². The molecular formula is C21H24N6. The molecule has 1 aromatic heterocycles. The first-order valence-electron chi connectivity index (χ1n) is 9.32. The molecule has 0 radical (unpaired) electrons. The highest BCUT2D eigenvalue weighted by Crippen LogP contribution is 2.18. The van der Waals surface area contributed by atoms with Crippen LogP contribution in [0, 0.1) is 6.92 Å². The van der Waals surface area contributed by atoms with Crippen molar-refractivity contribution < 1.29 is 0 Å². The van der Waals surface area contributed by atoms with E-state index >= 15 is 0 Å². The van der Waals surface area contributed by atoms with Crippen molar-refractivity contribution in [2.24, 2.45) is 0 Å². The van der Waals surface area contributed by atoms with E-state index in [1.807, 2.05) is 0 Å². The van der Waals surface area contributed by atoms with Gasteiger partial charge >= 0.3 is 0 Å². The molecule has 1 fully saturated rings. The molecule has 138 valence electrons. The second-order valence-corrected chi connectivity index (χ2v) is 6.73. The predicted molar refractivity (Wildman–Crippen MR) is 109 cm³/mol. The Kier molecular flexibility index (Phi) is 5.14. The van der Waals surface area contributed by atoms with Crippen LogP contribution < -0.4 is 15.1 Å². The molecule has 3 aromatic rings. The van der Waals surface area contributed by atoms with E-state index in [1.54, 1.807) is 6.20 Å². The zero-order chi connectivity index (χ0) is 18.5. The molecule has 1 saturated heterocycles. The van der Waals surface area contributed by atoms with Crippen LogP contribution in [-0.2, 0) is 6.54 Å². The Hall–Kier alpha value is -3.15. The molecule has 0 bridgehead atoms. The van der Waals surface area contributed by atoms with Gasteiger partial charge in [0.2, 0.25) is 5.95 Å². The summed E-state index contributed by atoms with van der Waals surface area (Å²) < 4.78 is 0. The van der Waals surface area contributed by atoms with Crippen molar-refractivity contribution in [3.63, 3.8) is 0 Å². The second-order valence-electron chi connectivity index (χ2n) is 6.73. The molecule has 0 atom stereocenters. The van der Waals surface area contributed by atoms with Gasteiger partial charge in [-0.3, -0.25) is 0 Å². The number of benzene rings is 2. The lowest BCUT2D eigenvalue weighted by atomic mass is 10.1. The highest BCUT2D eigenvalue weighted by molar-refractivity contribution is 5.48. The lowest BCUT2D eigenvalue weighted by Crippen LogP contribution is -2.47. The molecule has 4 rings (SSSR count). The van der Waals surface area contributed by atoms with E-state index in [-0.39, 0.29) is 0 Å². The molecule has 0 amide bonds. The molecule has 1 N–H and O–H groups in total. The first-order chi connectivity index (χ1) is 13.3. The van der Waals surface area contributed by atoms with Crippen LogP contribution in [0.3, 0.4) is 0 Å². The van der Waals surface area contributed by atoms with Crippen molar-refractivity contribution in [3.8, 4) is 0 Å². The number of para-hydroxylation sites is 1. The number of aromatic nitrogens is 3. The second kappa shape index (κ2) is 8.03. The molecule has 0 aliphatic carbocycles. The summed E-state index contributed by atoms with van der Waals surface area (Å²) in [7, 11) is 0. The van der Waals surface area contributed by atoms with Crippen molar-refractivity contribution in [2.75, 3.05) is 41.3 Å². The van der Waals surface area contributed by atoms with E-state index in [9.17, 15) is 0 Å². The van der Waals surface area contributed by atoms with Gasteiger partial charge in [-0.1, -0.05) is 42.5 Å². The van der Waals surface area contributed by atoms with Crippen molar-refractivity contribution in [1.82, 2.24) is 15.2 Å². The minimum Gasteiger partial charge on any atom is -0.368 e. The Balaban J connectivity index is 1.37. The fourth-order valence-electron chi connectivity index (χ4n) is 3.31. The summed E-state index contributed by atoms with van der Waals surface area (Å²) in [5.74, 6) is 1.45. The maximum atomic E-state index is 4.66. The standard InChI is InChI=1S/C21H24N6/c1-17-7-5-6-8-18(17)15-22-20-16-23-25-21(24-20)27-13-11-26(12-14-27)19-9-3-2-4-10-19/h2-10,16H,11-15H2,1H3,(H,22,24,25). The number of nitrogens with one attached hydrogen (secondary N) is 1. The van der Waals surface area contributed by atoms with Crippen molar-refractivity contribution in [1.29, 1.82) is 0 Å². The third-order valence-electron chi connectivity index (χ3n) is 4.95. The third-order valence-corrected chi connectivity index (χ3v) is 4.95. The molecular weight excluding hydrogens is 336 g/mol. The Morgan fingerprint density at radius 1 is 0.889 bits per heavy atom. The van der Waals surface area contributed by atoms with Gasteiger partial charge in [-0.25, -0.2) is 0 Å². The summed E-state index contributed by atoms with van der Waals surface area (Å²) in [5, 5.41) is 11.7. The Morgan fingerprint density at radius 3 is 2.37 bits per heavy atom. The van der Waals surface area contributed by atoms with E-state index in [0.717, 1.165) is 38.5 Å². The molecule has 1 aliphatic heterocycles. The Bertz CT molecular complexity index is 875. The van der Waals surface area contributed by atoms with Crippen LogP contribution in [-0.4, -0.2) is 41.4 Å². The summed E-state index contributed by atoms with van der Waals surface area (Å²) in [6, 6.07) is 18.9. The highest BCUT2D eigenvalue weighted by atomic mass is 15.4. The Labute approximate surface area is 159 Å². The molecule has 0 spiro atoms. The van der Waals surface area contributed by atoms with Crippen molar-refractivity contribution in [2.45, 2.75) is 13.5 Å². The van der Waals surface area contributed by atoms with Crippen LogP contribution in [0.5, 0.6) is 0 Å². The molecule has 6 nitrogen and oxygen atoms in total. The molecule has 2 heterocycles. The summed E-state index contributed by atoms with van der Waals surface area (Å²) in [6.45, 7) is 6.53. The number of piperazine rings is 1. The number of nitrogens with zero attached hydrogens (tertiary/aromatic N) is 5. The number of hydrogen-bond acceptors (Lipinski definition) is 6. The maximum absolute atomic E-state index is 4.66. The third kappa shape index (κ3) is 4.16. The SMILES string of the molecule is Cc1ccccc1CNc1cnnc(N2CCN(c3ccccc3)CC2)n1. The largest absolute Gasteiger partial charge is 0.368 e. The first-order valence-corrected chi connectivity index (χ1v) is 9.32. The van der Waals surface area contributed by atoms with Gasteiger partial charge in [0, 0.05) is 38.4 Å². The van der Waals surface area contributed by atoms with Crippen LogP contribution in [0.2, 0.25) is 0 Å². The summed E-state index contributed by atoms with van der Waals surface area (Å²) >= 11 is 0. The maximum Gasteiger partial charge on any atom is 0.247 e. The zero-order valence-electron chi connectivity index (χ0n) is 15.5. The molecule has 6 heteroatoms. The van der Waals surface area contributed by atoms with Gasteiger partial charge in [0.05, 0.1) is 6.20 Å². The van der Waals surface area contributed by atoms with Crippen molar-refractivity contribution in [3.05, 3.63) is 71.9 Å². The van der Waals surface area contributed by atoms with Gasteiger partial charge in [-0.2, -0.15) is 10.1 Å². The number of aryl methyl sites for hydroxylation is 1. The average Bonchev–Trinajstić information content (AvgIpc) is 2.74. The minimum absolute atomic E-state index is 0.692. The predicted octanol–water partition coefficient (Wildman–Crippen LogP) is 3.12. The minimum atomic E-state index is 0.692. The monoisotopic (exact) mass is 360 g/mol. The quantitative estimate of drug-likeness (QED) is 0.754. The van der Waals surface area contributed by atoms with Gasteiger partial charge in [-0.05, 0) is 30.2 Å². The number of hydrogen-bond donors (Lipinski definition) is 1. The Morgan fingerprint density at radius 2 is 1.59 bits per heavy atom. The molecule has 1 aliphatic rings. The smallest absolute Gasteiger partial charge is 0.247 e. The topological polar surface area (TPSA) is 57.2 Å². The van der Waals surface area contributed by atoms with Crippen LogP contribution in [0.15, 0.2) is 60.8 Å². The number of rotatable bonds is 5. The van der Waals surface area contributed by atoms with Gasteiger partial charge in [0.25, 0.3) is 0 Å². The van der Waals surface area contributed by atoms with E-state index in [0.29, 0.717) is 5.95 Å². The van der Waals surface area contributed by atoms with E-state index in [2.05, 4.69) is 91.8 Å². The average molecular weight is 360 g/mol. The molecule has 27 heavy (non-hydrogen) atoms. The lowest BCUT2D eigenvalue weighted by Gasteiger charge is -2.35. The number of anilines is 3. The molecule has 2 aromatic carbocycles. The fraction of sp³-hybridized carbons (Fsp3) is 0.286. The zero-order valence-corrected chi connectivity index (χ0v) is 15.5. The van der Waals surface area contributed by atoms with Crippen LogP contribution in [0.25, 0.3) is 0 Å². The van der Waals surface area contributed by atoms with E-state index in [1.165, 1.54) is 16.8 Å². The van der Waals surface area contributed by atoms with Crippen molar-refractivity contribution >= 4 is 17.5 Å². The summed E-state index contributed by atoms with van der Waals surface area (Å²) in [6.07, 6.45) is 1.68. The fourth-order valence-corrected chi connectivity index (χ4v) is 3.31. The summed E-state index contributed by atoms with van der Waals surface area (Å²) in [4.78, 5) is 9.25. The first kappa shape index (κ1) is 17.3. The summed E-state index contributed by atoms with van der Waals surface area (Å²) in [5.41, 5.74) is 3.79. The van der Waals surface area contributed by atoms with Gasteiger partial charge in [0.1, 0.15) is 0 Å². The van der Waals surface area contributed by atoms with E-state index < -0.39 is 0 Å². The van der Waals surface area contributed by atoms with Crippen LogP contribution in [0.1, 0.15) is 11.1 Å². The van der Waals surface area contributed by atoms with E-state index in [4.69, 9.17) is 0 Å². The highest BCUT2D eigenvalue weighted by Gasteiger charge is 2.19. The van der Waals surface area contributed by atoms with Gasteiger partial charge < -0.3 is 15.1 Å². The molecule has 0 saturated carbocycles. The lowest BCUT2D eigenvalue weighted by molar-refractivity contribution is 0.635.